The Morgan fingerprint density at radius 3 is 2.88 bits per heavy atom. The van der Waals surface area contributed by atoms with Crippen LogP contribution in [0.3, 0.4) is 0 Å². The molecule has 0 aliphatic carbocycles. The Morgan fingerprint density at radius 2 is 2.12 bits per heavy atom. The van der Waals surface area contributed by atoms with Crippen LogP contribution in [0, 0.1) is 0 Å². The minimum absolute atomic E-state index is 0.0989. The minimum Gasteiger partial charge on any atom is -0.334 e. The highest BCUT2D eigenvalue weighted by atomic mass is 16.2. The molecule has 0 atom stereocenters. The summed E-state index contributed by atoms with van der Waals surface area (Å²) in [5.74, 6) is 0. The maximum Gasteiger partial charge on any atom is 0.317 e. The van der Waals surface area contributed by atoms with E-state index in [1.54, 1.807) is 20.3 Å². The molecule has 0 bridgehead atoms. The van der Waals surface area contributed by atoms with E-state index < -0.39 is 0 Å². The Bertz CT molecular complexity index is 537. The van der Waals surface area contributed by atoms with Crippen molar-refractivity contribution in [2.75, 3.05) is 14.1 Å². The van der Waals surface area contributed by atoms with Crippen LogP contribution in [0.25, 0.3) is 10.9 Å². The van der Waals surface area contributed by atoms with Crippen LogP contribution in [0.15, 0.2) is 36.5 Å². The number of nitrogens with zero attached hydrogens (tertiary/aromatic N) is 2. The van der Waals surface area contributed by atoms with Crippen LogP contribution in [0.4, 0.5) is 4.79 Å². The number of amides is 2. The number of hydrogen-bond donors (Lipinski definition) is 1. The van der Waals surface area contributed by atoms with E-state index in [1.165, 1.54) is 4.90 Å². The predicted octanol–water partition coefficient (Wildman–Crippen LogP) is 2.01. The van der Waals surface area contributed by atoms with E-state index in [0.29, 0.717) is 6.54 Å². The van der Waals surface area contributed by atoms with Gasteiger partial charge in [-0.05, 0) is 17.7 Å². The van der Waals surface area contributed by atoms with Gasteiger partial charge in [0.15, 0.2) is 0 Å². The van der Waals surface area contributed by atoms with Crippen molar-refractivity contribution in [2.45, 2.75) is 6.54 Å². The lowest BCUT2D eigenvalue weighted by Crippen LogP contribution is -2.33. The standard InChI is InChI=1S/C13H15N3O/c1-16(2)13(17)15-9-10-7-11-5-3-4-6-12(11)14-8-10/h3-8H,9H2,1-2H3,(H,15,17). The third-order valence-corrected chi connectivity index (χ3v) is 2.50. The van der Waals surface area contributed by atoms with Crippen molar-refractivity contribution in [1.29, 1.82) is 0 Å². The number of nitrogens with one attached hydrogen (secondary N) is 1. The Hall–Kier alpha value is -2.10. The third-order valence-electron chi connectivity index (χ3n) is 2.50. The lowest BCUT2D eigenvalue weighted by Gasteiger charge is -2.11. The van der Waals surface area contributed by atoms with Gasteiger partial charge in [0.05, 0.1) is 5.52 Å². The Labute approximate surface area is 100 Å². The van der Waals surface area contributed by atoms with Crippen molar-refractivity contribution >= 4 is 16.9 Å². The van der Waals surface area contributed by atoms with Gasteiger partial charge < -0.3 is 10.2 Å². The van der Waals surface area contributed by atoms with E-state index in [0.717, 1.165) is 16.5 Å². The molecule has 88 valence electrons. The molecule has 1 aromatic carbocycles. The zero-order valence-corrected chi connectivity index (χ0v) is 9.97. The molecule has 0 radical (unpaired) electrons. The van der Waals surface area contributed by atoms with Crippen molar-refractivity contribution < 1.29 is 4.79 Å². The fourth-order valence-corrected chi connectivity index (χ4v) is 1.55. The summed E-state index contributed by atoms with van der Waals surface area (Å²) in [5, 5.41) is 3.90. The number of para-hydroxylation sites is 1. The number of benzene rings is 1. The minimum atomic E-state index is -0.0989. The fraction of sp³-hybridized carbons (Fsp3) is 0.231. The number of fused-ring (bicyclic) bond motifs is 1. The van der Waals surface area contributed by atoms with Gasteiger partial charge in [-0.1, -0.05) is 18.2 Å². The average molecular weight is 229 g/mol. The molecule has 1 N–H and O–H groups in total. The first kappa shape index (κ1) is 11.4. The normalized spacial score (nSPS) is 10.2. The highest BCUT2D eigenvalue weighted by Gasteiger charge is 2.03. The molecule has 0 unspecified atom stereocenters. The largest absolute Gasteiger partial charge is 0.334 e. The number of carbonyl (C=O) groups is 1. The number of rotatable bonds is 2. The van der Waals surface area contributed by atoms with Crippen molar-refractivity contribution in [1.82, 2.24) is 15.2 Å². The highest BCUT2D eigenvalue weighted by molar-refractivity contribution is 5.79. The number of carbonyl (C=O) groups excluding carboxylic acids is 1. The maximum absolute atomic E-state index is 11.4. The van der Waals surface area contributed by atoms with Gasteiger partial charge >= 0.3 is 6.03 Å². The number of pyridine rings is 1. The highest BCUT2D eigenvalue weighted by Crippen LogP contribution is 2.12. The molecule has 0 fully saturated rings. The summed E-state index contributed by atoms with van der Waals surface area (Å²) in [6.45, 7) is 0.495. The van der Waals surface area contributed by atoms with Gasteiger partial charge in [0, 0.05) is 32.2 Å². The van der Waals surface area contributed by atoms with E-state index in [-0.39, 0.29) is 6.03 Å². The Morgan fingerprint density at radius 1 is 1.35 bits per heavy atom. The monoisotopic (exact) mass is 229 g/mol. The predicted molar refractivity (Wildman–Crippen MR) is 67.7 cm³/mol. The summed E-state index contributed by atoms with van der Waals surface area (Å²) in [6.07, 6.45) is 1.79. The third kappa shape index (κ3) is 2.72. The van der Waals surface area contributed by atoms with Crippen molar-refractivity contribution in [3.05, 3.63) is 42.1 Å². The molecule has 0 aliphatic heterocycles. The summed E-state index contributed by atoms with van der Waals surface area (Å²) >= 11 is 0. The molecule has 1 aromatic heterocycles. The van der Waals surface area contributed by atoms with Gasteiger partial charge in [-0.2, -0.15) is 0 Å². The molecule has 0 aliphatic rings. The molecule has 2 amide bonds. The van der Waals surface area contributed by atoms with Crippen LogP contribution in [0.1, 0.15) is 5.56 Å². The van der Waals surface area contributed by atoms with E-state index >= 15 is 0 Å². The average Bonchev–Trinajstić information content (AvgIpc) is 2.35. The van der Waals surface area contributed by atoms with Crippen LogP contribution in [-0.2, 0) is 6.54 Å². The summed E-state index contributed by atoms with van der Waals surface area (Å²) in [6, 6.07) is 9.86. The number of aromatic nitrogens is 1. The molecule has 2 aromatic rings. The molecule has 4 nitrogen and oxygen atoms in total. The van der Waals surface area contributed by atoms with Crippen molar-refractivity contribution in [3.63, 3.8) is 0 Å². The van der Waals surface area contributed by atoms with Gasteiger partial charge in [-0.25, -0.2) is 4.79 Å². The van der Waals surface area contributed by atoms with Gasteiger partial charge in [0.25, 0.3) is 0 Å². The number of urea groups is 1. The molecular weight excluding hydrogens is 214 g/mol. The quantitative estimate of drug-likeness (QED) is 0.856. The summed E-state index contributed by atoms with van der Waals surface area (Å²) in [4.78, 5) is 17.2. The van der Waals surface area contributed by atoms with Crippen LogP contribution in [-0.4, -0.2) is 30.0 Å². The van der Waals surface area contributed by atoms with Gasteiger partial charge in [-0.3, -0.25) is 4.98 Å². The Balaban J connectivity index is 2.12. The Kier molecular flexibility index (Phi) is 3.23. The van der Waals surface area contributed by atoms with E-state index in [1.807, 2.05) is 30.3 Å². The number of hydrogen-bond acceptors (Lipinski definition) is 2. The smallest absolute Gasteiger partial charge is 0.317 e. The fourth-order valence-electron chi connectivity index (χ4n) is 1.55. The van der Waals surface area contributed by atoms with Crippen LogP contribution >= 0.6 is 0 Å². The van der Waals surface area contributed by atoms with E-state index in [9.17, 15) is 4.79 Å². The first-order valence-corrected chi connectivity index (χ1v) is 5.45. The van der Waals surface area contributed by atoms with Crippen molar-refractivity contribution in [3.8, 4) is 0 Å². The second-order valence-corrected chi connectivity index (χ2v) is 4.09. The topological polar surface area (TPSA) is 45.2 Å². The molecule has 4 heteroatoms. The second-order valence-electron chi connectivity index (χ2n) is 4.09. The lowest BCUT2D eigenvalue weighted by atomic mass is 10.1. The summed E-state index contributed by atoms with van der Waals surface area (Å²) < 4.78 is 0. The zero-order valence-electron chi connectivity index (χ0n) is 9.97. The van der Waals surface area contributed by atoms with Crippen LogP contribution in [0.5, 0.6) is 0 Å². The van der Waals surface area contributed by atoms with Crippen LogP contribution in [0.2, 0.25) is 0 Å². The zero-order chi connectivity index (χ0) is 12.3. The van der Waals surface area contributed by atoms with Gasteiger partial charge in [0.2, 0.25) is 0 Å². The molecular formula is C13H15N3O. The van der Waals surface area contributed by atoms with Crippen LogP contribution < -0.4 is 5.32 Å². The maximum atomic E-state index is 11.4. The molecule has 0 saturated heterocycles. The SMILES string of the molecule is CN(C)C(=O)NCc1cnc2ccccc2c1. The molecule has 0 spiro atoms. The van der Waals surface area contributed by atoms with Gasteiger partial charge in [0.1, 0.15) is 0 Å². The molecule has 1 heterocycles. The first-order chi connectivity index (χ1) is 8.16. The molecule has 2 rings (SSSR count). The summed E-state index contributed by atoms with van der Waals surface area (Å²) in [5.41, 5.74) is 1.97. The lowest BCUT2D eigenvalue weighted by molar-refractivity contribution is 0.217. The second kappa shape index (κ2) is 4.82. The van der Waals surface area contributed by atoms with Crippen molar-refractivity contribution in [2.24, 2.45) is 0 Å². The van der Waals surface area contributed by atoms with E-state index in [2.05, 4.69) is 10.3 Å². The summed E-state index contributed by atoms with van der Waals surface area (Å²) in [7, 11) is 3.43. The van der Waals surface area contributed by atoms with Gasteiger partial charge in [-0.15, -0.1) is 0 Å². The molecule has 17 heavy (non-hydrogen) atoms. The first-order valence-electron chi connectivity index (χ1n) is 5.45. The van der Waals surface area contributed by atoms with E-state index in [4.69, 9.17) is 0 Å². The molecule has 0 saturated carbocycles.